The van der Waals surface area contributed by atoms with Crippen LogP contribution in [0.1, 0.15) is 16.1 Å². The number of amides is 1. The van der Waals surface area contributed by atoms with Crippen molar-refractivity contribution in [1.82, 2.24) is 15.3 Å². The number of carbonyl (C=O) groups is 1. The predicted molar refractivity (Wildman–Crippen MR) is 105 cm³/mol. The van der Waals surface area contributed by atoms with Gasteiger partial charge in [0.25, 0.3) is 5.91 Å². The van der Waals surface area contributed by atoms with Crippen LogP contribution in [0.15, 0.2) is 83.7 Å². The minimum Gasteiger partial charge on any atom is -0.346 e. The van der Waals surface area contributed by atoms with Gasteiger partial charge in [0.15, 0.2) is 0 Å². The zero-order chi connectivity index (χ0) is 18.6. The Labute approximate surface area is 155 Å². The second-order valence-corrected chi connectivity index (χ2v) is 6.16. The molecule has 0 spiro atoms. The monoisotopic (exact) mass is 355 g/mol. The van der Waals surface area contributed by atoms with Gasteiger partial charge in [-0.3, -0.25) is 9.59 Å². The van der Waals surface area contributed by atoms with Crippen molar-refractivity contribution in [3.63, 3.8) is 0 Å². The number of carbonyl (C=O) groups excluding carboxylic acids is 1. The van der Waals surface area contributed by atoms with Crippen LogP contribution in [-0.2, 0) is 6.54 Å². The molecule has 2 aromatic heterocycles. The van der Waals surface area contributed by atoms with Crippen molar-refractivity contribution in [2.45, 2.75) is 6.54 Å². The average molecular weight is 355 g/mol. The van der Waals surface area contributed by atoms with E-state index >= 15 is 0 Å². The van der Waals surface area contributed by atoms with Crippen LogP contribution >= 0.6 is 0 Å². The standard InChI is InChI=1S/C22H17N3O2/c26-21-12-6-9-16(24-21)14-23-22(27)18-13-20(15-7-2-1-3-8-15)25-19-11-5-4-10-17(18)19/h1-13H,14H2,(H,23,27)(H,24,26). The van der Waals surface area contributed by atoms with Gasteiger partial charge in [-0.25, -0.2) is 4.98 Å². The minimum absolute atomic E-state index is 0.192. The van der Waals surface area contributed by atoms with Crippen LogP contribution in [0.5, 0.6) is 0 Å². The number of rotatable bonds is 4. The highest BCUT2D eigenvalue weighted by atomic mass is 16.1. The fourth-order valence-electron chi connectivity index (χ4n) is 2.99. The van der Waals surface area contributed by atoms with Gasteiger partial charge in [0.1, 0.15) is 0 Å². The van der Waals surface area contributed by atoms with Crippen molar-refractivity contribution in [2.24, 2.45) is 0 Å². The van der Waals surface area contributed by atoms with Crippen LogP contribution in [0.2, 0.25) is 0 Å². The zero-order valence-electron chi connectivity index (χ0n) is 14.5. The van der Waals surface area contributed by atoms with Gasteiger partial charge in [-0.15, -0.1) is 0 Å². The summed E-state index contributed by atoms with van der Waals surface area (Å²) < 4.78 is 0. The highest BCUT2D eigenvalue weighted by molar-refractivity contribution is 6.07. The summed E-state index contributed by atoms with van der Waals surface area (Å²) in [5.74, 6) is -0.213. The number of aromatic amines is 1. The van der Waals surface area contributed by atoms with Gasteiger partial charge in [-0.1, -0.05) is 54.6 Å². The maximum atomic E-state index is 12.9. The van der Waals surface area contributed by atoms with E-state index in [1.165, 1.54) is 6.07 Å². The topological polar surface area (TPSA) is 74.8 Å². The Morgan fingerprint density at radius 3 is 2.52 bits per heavy atom. The lowest BCUT2D eigenvalue weighted by Crippen LogP contribution is -2.24. The molecule has 0 fully saturated rings. The fourth-order valence-corrected chi connectivity index (χ4v) is 2.99. The number of nitrogens with one attached hydrogen (secondary N) is 2. The minimum atomic E-state index is -0.213. The first kappa shape index (κ1) is 16.7. The molecule has 0 aliphatic rings. The van der Waals surface area contributed by atoms with Crippen molar-refractivity contribution in [1.29, 1.82) is 0 Å². The lowest BCUT2D eigenvalue weighted by Gasteiger charge is -2.11. The van der Waals surface area contributed by atoms with E-state index in [2.05, 4.69) is 10.3 Å². The van der Waals surface area contributed by atoms with Crippen LogP contribution in [0.4, 0.5) is 0 Å². The number of hydrogen-bond acceptors (Lipinski definition) is 3. The largest absolute Gasteiger partial charge is 0.346 e. The Morgan fingerprint density at radius 2 is 1.70 bits per heavy atom. The highest BCUT2D eigenvalue weighted by Gasteiger charge is 2.13. The normalized spacial score (nSPS) is 10.7. The maximum absolute atomic E-state index is 12.9. The van der Waals surface area contributed by atoms with Crippen molar-refractivity contribution in [2.75, 3.05) is 0 Å². The molecule has 4 rings (SSSR count). The second-order valence-electron chi connectivity index (χ2n) is 6.16. The van der Waals surface area contributed by atoms with E-state index in [0.717, 1.165) is 22.2 Å². The smallest absolute Gasteiger partial charge is 0.252 e. The Balaban J connectivity index is 1.71. The first-order valence-electron chi connectivity index (χ1n) is 8.62. The molecular weight excluding hydrogens is 338 g/mol. The molecule has 0 unspecified atom stereocenters. The fraction of sp³-hybridized carbons (Fsp3) is 0.0455. The van der Waals surface area contributed by atoms with Crippen molar-refractivity contribution in [3.8, 4) is 11.3 Å². The van der Waals surface area contributed by atoms with Crippen LogP contribution in [0, 0.1) is 0 Å². The van der Waals surface area contributed by atoms with Crippen LogP contribution < -0.4 is 10.9 Å². The molecule has 5 heteroatoms. The van der Waals surface area contributed by atoms with E-state index in [1.807, 2.05) is 54.6 Å². The molecule has 2 N–H and O–H groups in total. The molecule has 0 aliphatic carbocycles. The van der Waals surface area contributed by atoms with Crippen molar-refractivity contribution in [3.05, 3.63) is 100 Å². The molecule has 0 atom stereocenters. The summed E-state index contributed by atoms with van der Waals surface area (Å²) in [5, 5.41) is 3.66. The average Bonchev–Trinajstić information content (AvgIpc) is 2.72. The molecule has 2 heterocycles. The molecule has 0 saturated heterocycles. The van der Waals surface area contributed by atoms with Crippen molar-refractivity contribution < 1.29 is 4.79 Å². The van der Waals surface area contributed by atoms with E-state index in [1.54, 1.807) is 18.2 Å². The van der Waals surface area contributed by atoms with E-state index in [-0.39, 0.29) is 18.0 Å². The Morgan fingerprint density at radius 1 is 0.926 bits per heavy atom. The molecular formula is C22H17N3O2. The molecule has 0 radical (unpaired) electrons. The summed E-state index contributed by atoms with van der Waals surface area (Å²) in [6, 6.07) is 24.0. The second kappa shape index (κ2) is 7.25. The number of pyridine rings is 2. The maximum Gasteiger partial charge on any atom is 0.252 e. The summed E-state index contributed by atoms with van der Waals surface area (Å²) in [5.41, 5.74) is 3.46. The van der Waals surface area contributed by atoms with Crippen LogP contribution in [0.3, 0.4) is 0 Å². The SMILES string of the molecule is O=C(NCc1cccc(=O)[nH]1)c1cc(-c2ccccc2)nc2ccccc12. The molecule has 132 valence electrons. The molecule has 27 heavy (non-hydrogen) atoms. The molecule has 5 nitrogen and oxygen atoms in total. The van der Waals surface area contributed by atoms with E-state index in [4.69, 9.17) is 4.98 Å². The molecule has 2 aromatic carbocycles. The first-order chi connectivity index (χ1) is 13.2. The summed E-state index contributed by atoms with van der Waals surface area (Å²) in [6.45, 7) is 0.242. The summed E-state index contributed by atoms with van der Waals surface area (Å²) in [7, 11) is 0. The van der Waals surface area contributed by atoms with Gasteiger partial charge in [0.05, 0.1) is 23.3 Å². The number of fused-ring (bicyclic) bond motifs is 1. The number of aromatic nitrogens is 2. The van der Waals surface area contributed by atoms with Gasteiger partial charge in [-0.05, 0) is 18.2 Å². The van der Waals surface area contributed by atoms with E-state index in [9.17, 15) is 9.59 Å². The Kier molecular flexibility index (Phi) is 4.49. The molecule has 4 aromatic rings. The third-order valence-corrected chi connectivity index (χ3v) is 4.30. The quantitative estimate of drug-likeness (QED) is 0.588. The number of para-hydroxylation sites is 1. The first-order valence-corrected chi connectivity index (χ1v) is 8.62. The van der Waals surface area contributed by atoms with Gasteiger partial charge in [0.2, 0.25) is 5.56 Å². The number of nitrogens with zero attached hydrogens (tertiary/aromatic N) is 1. The van der Waals surface area contributed by atoms with Crippen molar-refractivity contribution >= 4 is 16.8 Å². The van der Waals surface area contributed by atoms with Crippen LogP contribution in [0.25, 0.3) is 22.2 Å². The third-order valence-electron chi connectivity index (χ3n) is 4.30. The zero-order valence-corrected chi connectivity index (χ0v) is 14.5. The van der Waals surface area contributed by atoms with Gasteiger partial charge in [0, 0.05) is 22.7 Å². The molecule has 0 bridgehead atoms. The third kappa shape index (κ3) is 3.62. The number of H-pyrrole nitrogens is 1. The van der Waals surface area contributed by atoms with Gasteiger partial charge in [-0.2, -0.15) is 0 Å². The van der Waals surface area contributed by atoms with E-state index in [0.29, 0.717) is 11.3 Å². The number of benzene rings is 2. The summed E-state index contributed by atoms with van der Waals surface area (Å²) in [4.78, 5) is 31.7. The summed E-state index contributed by atoms with van der Waals surface area (Å²) in [6.07, 6.45) is 0. The lowest BCUT2D eigenvalue weighted by atomic mass is 10.0. The van der Waals surface area contributed by atoms with Crippen LogP contribution in [-0.4, -0.2) is 15.9 Å². The van der Waals surface area contributed by atoms with Gasteiger partial charge < -0.3 is 10.3 Å². The molecule has 0 saturated carbocycles. The molecule has 0 aliphatic heterocycles. The van der Waals surface area contributed by atoms with Gasteiger partial charge >= 0.3 is 0 Å². The predicted octanol–water partition coefficient (Wildman–Crippen LogP) is 3.52. The lowest BCUT2D eigenvalue weighted by molar-refractivity contribution is 0.0952. The Hall–Kier alpha value is -3.73. The number of hydrogen-bond donors (Lipinski definition) is 2. The Bertz CT molecular complexity index is 1170. The molecule has 1 amide bonds. The highest BCUT2D eigenvalue weighted by Crippen LogP contribution is 2.24. The van der Waals surface area contributed by atoms with E-state index < -0.39 is 0 Å². The summed E-state index contributed by atoms with van der Waals surface area (Å²) >= 11 is 0.